The van der Waals surface area contributed by atoms with Crippen LogP contribution in [0, 0.1) is 0 Å². The Bertz CT molecular complexity index is 2620. The van der Waals surface area contributed by atoms with Gasteiger partial charge in [-0.25, -0.2) is 0 Å². The van der Waals surface area contributed by atoms with Crippen LogP contribution in [0.4, 0.5) is 0 Å². The Morgan fingerprint density at radius 3 is 0.935 bits per heavy atom. The second-order valence-corrected chi connectivity index (χ2v) is 51.2. The first-order valence-corrected chi connectivity index (χ1v) is 54.5. The third kappa shape index (κ3) is 26.2. The van der Waals surface area contributed by atoms with E-state index in [0.717, 1.165) is 38.6 Å². The van der Waals surface area contributed by atoms with E-state index in [4.69, 9.17) is 38.8 Å². The first kappa shape index (κ1) is 76.8. The number of pyridine rings is 1. The van der Waals surface area contributed by atoms with E-state index in [0.29, 0.717) is 0 Å². The van der Waals surface area contributed by atoms with Crippen LogP contribution in [0.1, 0.15) is 306 Å². The second-order valence-electron chi connectivity index (χ2n) is 29.4. The fourth-order valence-corrected chi connectivity index (χ4v) is 38.3. The number of hydrogen-bond acceptors (Lipinski definition) is 3. The Morgan fingerprint density at radius 1 is 0.301 bits per heavy atom. The van der Waals surface area contributed by atoms with E-state index in [2.05, 4.69) is 33.7 Å². The Balaban J connectivity index is 0.000000134. The molecule has 0 unspecified atom stereocenters. The molecule has 0 saturated heterocycles. The molecule has 9 fully saturated rings. The van der Waals surface area contributed by atoms with Crippen LogP contribution in [0.2, 0.25) is 0 Å². The van der Waals surface area contributed by atoms with Crippen molar-refractivity contribution in [2.45, 2.75) is 340 Å². The maximum atomic E-state index is 5.82. The van der Waals surface area contributed by atoms with E-state index in [9.17, 15) is 0 Å². The number of halogens is 4. The number of para-hydroxylation sites is 2. The van der Waals surface area contributed by atoms with E-state index in [1.165, 1.54) is 50.9 Å². The van der Waals surface area contributed by atoms with Crippen molar-refractivity contribution in [1.82, 2.24) is 15.0 Å². The SMILES string of the molecule is C1CCC([PH+](C2CCCCC2)C2CCCCC2)CC1.C1CCC([PH+](C2CCCCC2)C2CCCCC2)CC1.C1CCC([PH+](C2CCCCC2)C2CCCCC2)CC1.C=Cc1cccc2cccnc12.[Cl][Ru]([Cl])=[CH]c1cccc2nccnc12.[Cl][Ru]([Cl])=[CH]c1ccccc1. The molecule has 0 amide bonds. The second kappa shape index (κ2) is 44.8. The van der Waals surface area contributed by atoms with Gasteiger partial charge in [0.2, 0.25) is 0 Å². The quantitative estimate of drug-likeness (QED) is 0.0923. The molecule has 3 nitrogen and oxygen atoms in total. The van der Waals surface area contributed by atoms with Crippen molar-refractivity contribution in [1.29, 1.82) is 0 Å². The zero-order valence-electron chi connectivity index (χ0n) is 57.3. The molecule has 14 rings (SSSR count). The Labute approximate surface area is 596 Å². The summed E-state index contributed by atoms with van der Waals surface area (Å²) in [6, 6.07) is 25.8. The molecule has 93 heavy (non-hydrogen) atoms. The minimum absolute atomic E-state index is 0.0465. The van der Waals surface area contributed by atoms with Gasteiger partial charge in [0, 0.05) is 40.9 Å². The summed E-state index contributed by atoms with van der Waals surface area (Å²) in [4.78, 5) is 12.7. The first-order valence-electron chi connectivity index (χ1n) is 38.3. The molecule has 2 aromatic heterocycles. The van der Waals surface area contributed by atoms with Crippen LogP contribution < -0.4 is 0 Å². The van der Waals surface area contributed by atoms with Crippen molar-refractivity contribution >= 4 is 99.8 Å². The summed E-state index contributed by atoms with van der Waals surface area (Å²) in [5, 5.41) is 1.16. The van der Waals surface area contributed by atoms with Crippen LogP contribution in [-0.4, -0.2) is 75.1 Å². The molecule has 518 valence electrons. The van der Waals surface area contributed by atoms with Gasteiger partial charge >= 0.3 is 168 Å². The van der Waals surface area contributed by atoms with Gasteiger partial charge in [-0.3, -0.25) is 4.98 Å². The monoisotopic (exact) mass is 1570 g/mol. The van der Waals surface area contributed by atoms with Gasteiger partial charge in [0.05, 0.1) is 56.4 Å². The van der Waals surface area contributed by atoms with E-state index < -0.39 is 27.0 Å². The summed E-state index contributed by atoms with van der Waals surface area (Å²) in [7, 11) is 22.8. The van der Waals surface area contributed by atoms with E-state index in [-0.39, 0.29) is 23.8 Å². The molecule has 2 heterocycles. The Hall–Kier alpha value is -0.413. The summed E-state index contributed by atoms with van der Waals surface area (Å²) >= 11 is -3.41. The predicted molar refractivity (Wildman–Crippen MR) is 418 cm³/mol. The van der Waals surface area contributed by atoms with Crippen LogP contribution >= 0.6 is 62.5 Å². The molecule has 0 radical (unpaired) electrons. The summed E-state index contributed by atoms with van der Waals surface area (Å²) < 4.78 is 3.80. The number of rotatable bonds is 12. The summed E-state index contributed by atoms with van der Waals surface area (Å²) in [5.74, 6) is 0. The molecular weight excluding hydrogens is 1450 g/mol. The molecule has 9 saturated carbocycles. The zero-order chi connectivity index (χ0) is 64.5. The topological polar surface area (TPSA) is 38.7 Å². The molecule has 0 bridgehead atoms. The van der Waals surface area contributed by atoms with Crippen molar-refractivity contribution < 1.29 is 27.0 Å². The molecule has 3 aromatic carbocycles. The van der Waals surface area contributed by atoms with Gasteiger partial charge in [0.1, 0.15) is 0 Å². The van der Waals surface area contributed by atoms with E-state index >= 15 is 0 Å². The standard InChI is InChI=1S/3C18H33P.C11H9N.C9H6N2.C7H6.4ClH.2Ru/c3*1-4-10-16(11-5-1)19(17-12-6-2-7-13-17)18-14-8-3-9-15-18;1-2-9-5-3-6-10-7-4-8-12-11(9)10;1-7-3-2-4-8-9(7)11-6-5-10-8;1-7-5-3-2-4-6-7;;;;;;/h3*16-18H,1-15H2;2-8H,1H2;1-6H;1-6H;4*1H;;/q;;;;;;;;;;2*+2/p-1. The molecule has 0 aliphatic heterocycles. The van der Waals surface area contributed by atoms with Crippen molar-refractivity contribution in [3.05, 3.63) is 121 Å². The molecule has 0 N–H and O–H groups in total. The summed E-state index contributed by atoms with van der Waals surface area (Å²) in [6.07, 6.45) is 78.3. The molecule has 9 aliphatic carbocycles. The fourth-order valence-electron chi connectivity index (χ4n) is 19.0. The molecule has 12 heteroatoms. The summed E-state index contributed by atoms with van der Waals surface area (Å²) in [6.45, 7) is 3.74. The van der Waals surface area contributed by atoms with Crippen LogP contribution in [0.15, 0.2) is 104 Å². The normalized spacial score (nSPS) is 21.9. The number of benzene rings is 3. The molecule has 9 aliphatic rings. The number of hydrogen-bond donors (Lipinski definition) is 0. The molecule has 5 aromatic rings. The van der Waals surface area contributed by atoms with Crippen molar-refractivity contribution in [3.63, 3.8) is 0 Å². The molecular formula is C81H123Cl4N3P3Ru2+3. The van der Waals surface area contributed by atoms with Crippen molar-refractivity contribution in [2.75, 3.05) is 0 Å². The maximum absolute atomic E-state index is 5.82. The van der Waals surface area contributed by atoms with Gasteiger partial charge < -0.3 is 0 Å². The van der Waals surface area contributed by atoms with Crippen molar-refractivity contribution in [3.8, 4) is 0 Å². The van der Waals surface area contributed by atoms with E-state index in [1.54, 1.807) is 308 Å². The van der Waals surface area contributed by atoms with Gasteiger partial charge in [-0.05, 0) is 237 Å². The predicted octanol–water partition coefficient (Wildman–Crippen LogP) is 26.9. The van der Waals surface area contributed by atoms with Crippen LogP contribution in [-0.2, 0) is 27.0 Å². The first-order chi connectivity index (χ1) is 45.8. The minimum atomic E-state index is -1.79. The number of nitrogens with zero attached hydrogens (tertiary/aromatic N) is 3. The Kier molecular flexibility index (Phi) is 36.9. The van der Waals surface area contributed by atoms with Gasteiger partial charge in [0.15, 0.2) is 0 Å². The molecule has 0 atom stereocenters. The van der Waals surface area contributed by atoms with Crippen LogP contribution in [0.5, 0.6) is 0 Å². The van der Waals surface area contributed by atoms with Gasteiger partial charge in [-0.15, -0.1) is 0 Å². The average molecular weight is 1580 g/mol. The van der Waals surface area contributed by atoms with Crippen LogP contribution in [0.25, 0.3) is 28.0 Å². The third-order valence-electron chi connectivity index (χ3n) is 23.3. The van der Waals surface area contributed by atoms with Crippen LogP contribution in [0.3, 0.4) is 0 Å². The summed E-state index contributed by atoms with van der Waals surface area (Å²) in [5.41, 5.74) is 17.0. The van der Waals surface area contributed by atoms with E-state index in [1.807, 2.05) is 82.0 Å². The average Bonchev–Trinajstić information content (AvgIpc) is 1.89. The molecule has 0 spiro atoms. The van der Waals surface area contributed by atoms with Crippen molar-refractivity contribution in [2.24, 2.45) is 0 Å². The van der Waals surface area contributed by atoms with Gasteiger partial charge in [-0.2, -0.15) is 0 Å². The fraction of sp³-hybridized carbons (Fsp3) is 0.667. The number of aromatic nitrogens is 3. The Morgan fingerprint density at radius 2 is 0.602 bits per heavy atom. The zero-order valence-corrected chi connectivity index (χ0v) is 66.8. The third-order valence-corrected chi connectivity index (χ3v) is 40.7. The van der Waals surface area contributed by atoms with Gasteiger partial charge in [0.25, 0.3) is 0 Å². The van der Waals surface area contributed by atoms with Gasteiger partial charge in [-0.1, -0.05) is 94.7 Å². The number of fused-ring (bicyclic) bond motifs is 2.